The monoisotopic (exact) mass is 871 g/mol. The third-order valence-corrected chi connectivity index (χ3v) is 16.9. The molecule has 0 spiro atoms. The van der Waals surface area contributed by atoms with Crippen LogP contribution in [0, 0.1) is 21.3 Å². The lowest BCUT2D eigenvalue weighted by Crippen LogP contribution is -2.66. The zero-order valence-electron chi connectivity index (χ0n) is 32.0. The molecule has 4 aromatic rings. The maximum absolute atomic E-state index is 14.2. The third-order valence-electron chi connectivity index (χ3n) is 11.1. The number of carbonyl (C=O) groups excluding carboxylic acids is 2. The molecule has 2 aliphatic rings. The van der Waals surface area contributed by atoms with Crippen molar-refractivity contribution in [3.63, 3.8) is 0 Å². The Morgan fingerprint density at radius 2 is 1.53 bits per heavy atom. The molecule has 2 amide bonds. The minimum atomic E-state index is -3.03. The molecule has 0 radical (unpaired) electrons. The third kappa shape index (κ3) is 7.97. The summed E-state index contributed by atoms with van der Waals surface area (Å²) in [7, 11) is -1.52. The number of amides is 2. The highest BCUT2D eigenvalue weighted by atomic mass is 127. The highest BCUT2D eigenvalue weighted by Gasteiger charge is 2.56. The smallest absolute Gasteiger partial charge is 0.261 e. The lowest BCUT2D eigenvalue weighted by molar-refractivity contribution is -0.123. The average molecular weight is 872 g/mol. The van der Waals surface area contributed by atoms with Crippen molar-refractivity contribution in [2.45, 2.75) is 58.1 Å². The molecule has 6 rings (SSSR count). The van der Waals surface area contributed by atoms with Crippen molar-refractivity contribution < 1.29 is 34.1 Å². The number of aromatic hydroxyl groups is 1. The van der Waals surface area contributed by atoms with E-state index in [-0.39, 0.29) is 35.6 Å². The summed E-state index contributed by atoms with van der Waals surface area (Å²) in [6, 6.07) is 33.2. The van der Waals surface area contributed by atoms with E-state index in [2.05, 4.69) is 67.6 Å². The zero-order valence-corrected chi connectivity index (χ0v) is 35.2. The van der Waals surface area contributed by atoms with Gasteiger partial charge in [0.1, 0.15) is 0 Å². The molecule has 1 fully saturated rings. The predicted molar refractivity (Wildman–Crippen MR) is 228 cm³/mol. The fourth-order valence-electron chi connectivity index (χ4n) is 8.59. The number of hydrogen-bond donors (Lipinski definition) is 3. The van der Waals surface area contributed by atoms with E-state index < -0.39 is 38.8 Å². The van der Waals surface area contributed by atoms with Gasteiger partial charge in [-0.25, -0.2) is 0 Å². The number of imide groups is 1. The van der Waals surface area contributed by atoms with Crippen LogP contribution in [0.25, 0.3) is 6.08 Å². The topological polar surface area (TPSA) is 117 Å². The maximum atomic E-state index is 14.2. The zero-order chi connectivity index (χ0) is 39.5. The molecule has 1 saturated heterocycles. The van der Waals surface area contributed by atoms with Gasteiger partial charge in [-0.05, 0) is 105 Å². The van der Waals surface area contributed by atoms with E-state index in [1.807, 2.05) is 61.5 Å². The van der Waals surface area contributed by atoms with Gasteiger partial charge in [-0.2, -0.15) is 0 Å². The number of carbonyl (C=O) groups is 2. The summed E-state index contributed by atoms with van der Waals surface area (Å²) in [5.74, 6) is -2.48. The highest BCUT2D eigenvalue weighted by Crippen LogP contribution is 2.48. The number of halogens is 1. The highest BCUT2D eigenvalue weighted by molar-refractivity contribution is 14.1. The lowest BCUT2D eigenvalue weighted by Gasteiger charge is -2.44. The Morgan fingerprint density at radius 3 is 2.07 bits per heavy atom. The molecule has 4 aromatic carbocycles. The van der Waals surface area contributed by atoms with Crippen LogP contribution in [0.3, 0.4) is 0 Å². The van der Waals surface area contributed by atoms with E-state index in [4.69, 9.17) is 9.16 Å². The fraction of sp³-hybridized carbons (Fsp3) is 0.333. The molecule has 0 saturated carbocycles. The molecule has 288 valence electrons. The number of anilines is 1. The van der Waals surface area contributed by atoms with Crippen LogP contribution in [-0.2, 0) is 14.0 Å². The number of ether oxygens (including phenoxy) is 1. The van der Waals surface area contributed by atoms with Crippen LogP contribution in [-0.4, -0.2) is 61.9 Å². The van der Waals surface area contributed by atoms with Gasteiger partial charge in [-0.3, -0.25) is 14.5 Å². The number of methoxy groups -OCH3 is 1. The summed E-state index contributed by atoms with van der Waals surface area (Å²) in [6.07, 6.45) is 2.06. The van der Waals surface area contributed by atoms with Gasteiger partial charge in [-0.15, -0.1) is 0 Å². The van der Waals surface area contributed by atoms with Crippen LogP contribution < -0.4 is 20.0 Å². The average Bonchev–Trinajstić information content (AvgIpc) is 3.43. The molecule has 1 aliphatic heterocycles. The number of nitrogens with zero attached hydrogens (tertiary/aromatic N) is 1. The second-order valence-corrected chi connectivity index (χ2v) is 21.1. The Bertz CT molecular complexity index is 2020. The number of para-hydroxylation sites is 1. The molecule has 3 N–H and O–H groups in total. The number of hydrogen-bond acceptors (Lipinski definition) is 7. The minimum absolute atomic E-state index is 0.0875. The van der Waals surface area contributed by atoms with Crippen molar-refractivity contribution >= 4 is 64.9 Å². The number of aliphatic hydroxyl groups is 2. The van der Waals surface area contributed by atoms with Gasteiger partial charge in [0, 0.05) is 5.92 Å². The van der Waals surface area contributed by atoms with Crippen LogP contribution in [0.1, 0.15) is 52.5 Å². The first-order valence-electron chi connectivity index (χ1n) is 18.7. The van der Waals surface area contributed by atoms with Crippen LogP contribution >= 0.6 is 22.6 Å². The second-order valence-electron chi connectivity index (χ2n) is 15.6. The quantitative estimate of drug-likeness (QED) is 0.0562. The standard InChI is InChI=1S/C45H50INO7Si/c1-29(23-30-24-37(46)42(50)39(25-30)53-5)21-22-38(49)40-31(26-35-41(36(40)27-48)44(52)47(43(35)51)32-15-9-6-10-16-32)28-54-55(45(2,3)4,33-17-11-7-12-18-33)34-19-13-8-14-20-34/h6-20,23-25,35-36,38,41,48-50H,21-22,26-28H2,1-5H3/b29-23+/t35-,36+,38-,41-/m1/s1. The minimum Gasteiger partial charge on any atom is -0.504 e. The molecular formula is C45H50INO7Si. The van der Waals surface area contributed by atoms with E-state index in [0.717, 1.165) is 27.1 Å². The molecule has 8 nitrogen and oxygen atoms in total. The summed E-state index contributed by atoms with van der Waals surface area (Å²) in [4.78, 5) is 29.7. The lowest BCUT2D eigenvalue weighted by atomic mass is 9.68. The SMILES string of the molecule is COc1cc(/C=C(\C)CC[C@@H](O)C2=C(CO[Si](c3ccccc3)(c3ccccc3)C(C)(C)C)C[C@H]3C(=O)N(c4ccccc4)C(=O)[C@H]3[C@H]2CO)cc(I)c1O. The number of aliphatic hydroxyl groups excluding tert-OH is 2. The molecule has 10 heteroatoms. The van der Waals surface area contributed by atoms with Crippen molar-refractivity contribution in [1.82, 2.24) is 0 Å². The van der Waals surface area contributed by atoms with E-state index in [9.17, 15) is 24.9 Å². The number of benzene rings is 4. The van der Waals surface area contributed by atoms with Crippen molar-refractivity contribution in [2.24, 2.45) is 17.8 Å². The summed E-state index contributed by atoms with van der Waals surface area (Å²) in [6.45, 7) is 8.32. The summed E-state index contributed by atoms with van der Waals surface area (Å²) in [5.41, 5.74) is 3.69. The summed E-state index contributed by atoms with van der Waals surface area (Å²) in [5, 5.41) is 35.5. The molecule has 0 unspecified atom stereocenters. The molecule has 1 aliphatic carbocycles. The van der Waals surface area contributed by atoms with Crippen LogP contribution in [0.5, 0.6) is 11.5 Å². The van der Waals surface area contributed by atoms with Crippen LogP contribution in [0.15, 0.2) is 120 Å². The molecule has 55 heavy (non-hydrogen) atoms. The number of fused-ring (bicyclic) bond motifs is 1. The first-order chi connectivity index (χ1) is 26.3. The van der Waals surface area contributed by atoms with Gasteiger partial charge in [0.2, 0.25) is 11.8 Å². The summed E-state index contributed by atoms with van der Waals surface area (Å²) >= 11 is 2.07. The molecule has 1 heterocycles. The fourth-order valence-corrected chi connectivity index (χ4v) is 13.8. The van der Waals surface area contributed by atoms with Gasteiger partial charge in [-0.1, -0.05) is 111 Å². The Morgan fingerprint density at radius 1 is 0.945 bits per heavy atom. The van der Waals surface area contributed by atoms with Crippen molar-refractivity contribution in [3.05, 3.63) is 129 Å². The Hall–Kier alpha value is -4.07. The number of phenols is 1. The van der Waals surface area contributed by atoms with Gasteiger partial charge in [0.25, 0.3) is 8.32 Å². The van der Waals surface area contributed by atoms with Crippen LogP contribution in [0.4, 0.5) is 5.69 Å². The van der Waals surface area contributed by atoms with Gasteiger partial charge < -0.3 is 24.5 Å². The maximum Gasteiger partial charge on any atom is 0.261 e. The van der Waals surface area contributed by atoms with E-state index in [1.54, 1.807) is 30.3 Å². The van der Waals surface area contributed by atoms with Gasteiger partial charge in [0.05, 0.1) is 47.5 Å². The number of rotatable bonds is 13. The predicted octanol–water partition coefficient (Wildman–Crippen LogP) is 7.24. The Kier molecular flexibility index (Phi) is 12.5. The van der Waals surface area contributed by atoms with Crippen molar-refractivity contribution in [3.8, 4) is 11.5 Å². The Balaban J connectivity index is 1.41. The Labute approximate surface area is 338 Å². The first kappa shape index (κ1) is 40.6. The van der Waals surface area contributed by atoms with E-state index in [0.29, 0.717) is 33.4 Å². The first-order valence-corrected chi connectivity index (χ1v) is 21.7. The largest absolute Gasteiger partial charge is 0.504 e. The summed E-state index contributed by atoms with van der Waals surface area (Å²) < 4.78 is 13.4. The van der Waals surface area contributed by atoms with Gasteiger partial charge >= 0.3 is 0 Å². The van der Waals surface area contributed by atoms with Crippen LogP contribution in [0.2, 0.25) is 5.04 Å². The normalized spacial score (nSPS) is 19.8. The van der Waals surface area contributed by atoms with Gasteiger partial charge in [0.15, 0.2) is 11.5 Å². The molecule has 0 bridgehead atoms. The van der Waals surface area contributed by atoms with Crippen molar-refractivity contribution in [1.29, 1.82) is 0 Å². The van der Waals surface area contributed by atoms with Crippen molar-refractivity contribution in [2.75, 3.05) is 25.2 Å². The number of phenolic OH excluding ortho intramolecular Hbond substituents is 1. The second kappa shape index (κ2) is 17.0. The molecular weight excluding hydrogens is 821 g/mol. The van der Waals surface area contributed by atoms with E-state index in [1.165, 1.54) is 12.0 Å². The molecule has 4 atom stereocenters. The molecule has 0 aromatic heterocycles. The van der Waals surface area contributed by atoms with E-state index >= 15 is 0 Å². The number of allylic oxidation sites excluding steroid dienone is 1.